The van der Waals surface area contributed by atoms with Gasteiger partial charge in [0.05, 0.1) is 11.4 Å². The highest BCUT2D eigenvalue weighted by atomic mass is 32.2. The van der Waals surface area contributed by atoms with Crippen molar-refractivity contribution in [3.63, 3.8) is 0 Å². The molecule has 0 aliphatic carbocycles. The second-order valence-electron chi connectivity index (χ2n) is 3.48. The predicted molar refractivity (Wildman–Crippen MR) is 63.9 cm³/mol. The van der Waals surface area contributed by atoms with Gasteiger partial charge in [0.2, 0.25) is 10.0 Å². The van der Waals surface area contributed by atoms with Crippen LogP contribution < -0.4 is 4.72 Å². The van der Waals surface area contributed by atoms with Crippen molar-refractivity contribution >= 4 is 10.0 Å². The molecular formula is C11H13N3O2S. The first-order valence-corrected chi connectivity index (χ1v) is 6.69. The van der Waals surface area contributed by atoms with Crippen LogP contribution in [-0.4, -0.2) is 24.7 Å². The van der Waals surface area contributed by atoms with Crippen molar-refractivity contribution in [1.29, 1.82) is 0 Å². The summed E-state index contributed by atoms with van der Waals surface area (Å²) in [7, 11) is -3.40. The van der Waals surface area contributed by atoms with Crippen LogP contribution in [0.5, 0.6) is 0 Å². The molecule has 1 aromatic carbocycles. The Morgan fingerprint density at radius 3 is 2.59 bits per heavy atom. The predicted octanol–water partition coefficient (Wildman–Crippen LogP) is 0.862. The van der Waals surface area contributed by atoms with E-state index >= 15 is 0 Å². The standard InChI is InChI=1S/C11H13N3O2S/c15-17(16,11-5-2-1-3-6-11)13-8-10-14-9-4-7-12-14/h1-7,9,13H,8,10H2. The van der Waals surface area contributed by atoms with E-state index < -0.39 is 10.0 Å². The summed E-state index contributed by atoms with van der Waals surface area (Å²) in [6.45, 7) is 0.831. The third kappa shape index (κ3) is 3.15. The van der Waals surface area contributed by atoms with Crippen LogP contribution in [0, 0.1) is 0 Å². The lowest BCUT2D eigenvalue weighted by Crippen LogP contribution is -2.27. The Kier molecular flexibility index (Phi) is 3.55. The first-order valence-electron chi connectivity index (χ1n) is 5.21. The fraction of sp³-hybridized carbons (Fsp3) is 0.182. The molecule has 6 heteroatoms. The van der Waals surface area contributed by atoms with Gasteiger partial charge < -0.3 is 0 Å². The van der Waals surface area contributed by atoms with Crippen LogP contribution in [0.1, 0.15) is 0 Å². The molecule has 0 spiro atoms. The molecule has 2 rings (SSSR count). The topological polar surface area (TPSA) is 64.0 Å². The second-order valence-corrected chi connectivity index (χ2v) is 5.25. The number of benzene rings is 1. The monoisotopic (exact) mass is 251 g/mol. The molecule has 0 fully saturated rings. The lowest BCUT2D eigenvalue weighted by molar-refractivity contribution is 0.561. The van der Waals surface area contributed by atoms with Crippen molar-refractivity contribution in [3.8, 4) is 0 Å². The number of rotatable bonds is 5. The van der Waals surface area contributed by atoms with Gasteiger partial charge in [-0.25, -0.2) is 13.1 Å². The minimum Gasteiger partial charge on any atom is -0.271 e. The number of nitrogens with one attached hydrogen (secondary N) is 1. The molecule has 0 radical (unpaired) electrons. The Labute approximate surface area is 100 Å². The van der Waals surface area contributed by atoms with Gasteiger partial charge in [0, 0.05) is 18.9 Å². The van der Waals surface area contributed by atoms with Gasteiger partial charge >= 0.3 is 0 Å². The number of nitrogens with zero attached hydrogens (tertiary/aromatic N) is 2. The molecule has 0 saturated carbocycles. The van der Waals surface area contributed by atoms with Crippen molar-refractivity contribution in [2.24, 2.45) is 0 Å². The summed E-state index contributed by atoms with van der Waals surface area (Å²) in [6, 6.07) is 10.1. The van der Waals surface area contributed by atoms with Crippen LogP contribution in [0.2, 0.25) is 0 Å². The minimum absolute atomic E-state index is 0.278. The van der Waals surface area contributed by atoms with Crippen LogP contribution in [0.3, 0.4) is 0 Å². The maximum atomic E-state index is 11.8. The van der Waals surface area contributed by atoms with Crippen LogP contribution in [0.25, 0.3) is 0 Å². The molecule has 17 heavy (non-hydrogen) atoms. The zero-order chi connectivity index (χ0) is 12.1. The van der Waals surface area contributed by atoms with E-state index in [1.807, 2.05) is 0 Å². The first-order chi connectivity index (χ1) is 8.18. The zero-order valence-corrected chi connectivity index (χ0v) is 9.97. The summed E-state index contributed by atoms with van der Waals surface area (Å²) in [5, 5.41) is 3.99. The Balaban J connectivity index is 1.95. The van der Waals surface area contributed by atoms with Crippen molar-refractivity contribution in [2.45, 2.75) is 11.4 Å². The highest BCUT2D eigenvalue weighted by Crippen LogP contribution is 2.06. The lowest BCUT2D eigenvalue weighted by Gasteiger charge is -2.06. The molecule has 1 aromatic heterocycles. The Bertz CT molecular complexity index is 550. The van der Waals surface area contributed by atoms with Gasteiger partial charge in [0.1, 0.15) is 0 Å². The SMILES string of the molecule is O=S(=O)(NCCn1cccn1)c1ccccc1. The van der Waals surface area contributed by atoms with Crippen LogP contribution in [0.4, 0.5) is 0 Å². The summed E-state index contributed by atoms with van der Waals surface area (Å²) in [5.41, 5.74) is 0. The number of hydrogen-bond acceptors (Lipinski definition) is 3. The summed E-state index contributed by atoms with van der Waals surface area (Å²) in [5.74, 6) is 0. The quantitative estimate of drug-likeness (QED) is 0.857. The van der Waals surface area contributed by atoms with Crippen molar-refractivity contribution in [2.75, 3.05) is 6.54 Å². The van der Waals surface area contributed by atoms with E-state index in [-0.39, 0.29) is 4.90 Å². The van der Waals surface area contributed by atoms with Gasteiger partial charge in [-0.2, -0.15) is 5.10 Å². The summed E-state index contributed by atoms with van der Waals surface area (Å²) >= 11 is 0. The Hall–Kier alpha value is -1.66. The Morgan fingerprint density at radius 2 is 1.94 bits per heavy atom. The highest BCUT2D eigenvalue weighted by Gasteiger charge is 2.11. The lowest BCUT2D eigenvalue weighted by atomic mass is 10.4. The number of hydrogen-bond donors (Lipinski definition) is 1. The fourth-order valence-corrected chi connectivity index (χ4v) is 2.45. The molecule has 0 aliphatic heterocycles. The maximum absolute atomic E-state index is 11.8. The molecule has 2 aromatic rings. The second kappa shape index (κ2) is 5.11. The van der Waals surface area contributed by atoms with E-state index in [1.54, 1.807) is 53.5 Å². The minimum atomic E-state index is -3.40. The largest absolute Gasteiger partial charge is 0.271 e. The summed E-state index contributed by atoms with van der Waals surface area (Å²) in [6.07, 6.45) is 3.45. The molecule has 0 atom stereocenters. The molecule has 1 N–H and O–H groups in total. The van der Waals surface area contributed by atoms with Crippen molar-refractivity contribution in [3.05, 3.63) is 48.8 Å². The van der Waals surface area contributed by atoms with Crippen LogP contribution in [-0.2, 0) is 16.6 Å². The molecule has 90 valence electrons. The molecule has 0 saturated heterocycles. The maximum Gasteiger partial charge on any atom is 0.240 e. The molecular weight excluding hydrogens is 238 g/mol. The summed E-state index contributed by atoms with van der Waals surface area (Å²) in [4.78, 5) is 0.278. The van der Waals surface area contributed by atoms with Gasteiger partial charge in [-0.1, -0.05) is 18.2 Å². The van der Waals surface area contributed by atoms with E-state index in [9.17, 15) is 8.42 Å². The van der Waals surface area contributed by atoms with Gasteiger partial charge in [0.25, 0.3) is 0 Å². The zero-order valence-electron chi connectivity index (χ0n) is 9.15. The molecule has 0 amide bonds. The fourth-order valence-electron chi connectivity index (χ4n) is 1.41. The Morgan fingerprint density at radius 1 is 1.18 bits per heavy atom. The van der Waals surface area contributed by atoms with Gasteiger partial charge in [0.15, 0.2) is 0 Å². The average Bonchev–Trinajstić information content (AvgIpc) is 2.83. The normalized spacial score (nSPS) is 11.5. The van der Waals surface area contributed by atoms with Gasteiger partial charge in [-0.05, 0) is 18.2 Å². The van der Waals surface area contributed by atoms with Crippen molar-refractivity contribution in [1.82, 2.24) is 14.5 Å². The molecule has 0 aliphatic rings. The van der Waals surface area contributed by atoms with Crippen LogP contribution in [0.15, 0.2) is 53.7 Å². The van der Waals surface area contributed by atoms with E-state index in [1.165, 1.54) is 0 Å². The third-order valence-electron chi connectivity index (χ3n) is 2.25. The smallest absolute Gasteiger partial charge is 0.240 e. The number of sulfonamides is 1. The molecule has 0 unspecified atom stereocenters. The van der Waals surface area contributed by atoms with E-state index in [0.717, 1.165) is 0 Å². The van der Waals surface area contributed by atoms with Gasteiger partial charge in [-0.15, -0.1) is 0 Å². The van der Waals surface area contributed by atoms with Gasteiger partial charge in [-0.3, -0.25) is 4.68 Å². The summed E-state index contributed by atoms with van der Waals surface area (Å²) < 4.78 is 27.8. The first kappa shape index (κ1) is 11.8. The molecule has 5 nitrogen and oxygen atoms in total. The molecule has 1 heterocycles. The van der Waals surface area contributed by atoms with Crippen LogP contribution >= 0.6 is 0 Å². The highest BCUT2D eigenvalue weighted by molar-refractivity contribution is 7.89. The van der Waals surface area contributed by atoms with E-state index in [4.69, 9.17) is 0 Å². The third-order valence-corrected chi connectivity index (χ3v) is 3.72. The molecule has 0 bridgehead atoms. The average molecular weight is 251 g/mol. The number of aromatic nitrogens is 2. The van der Waals surface area contributed by atoms with E-state index in [0.29, 0.717) is 13.1 Å². The van der Waals surface area contributed by atoms with Crippen molar-refractivity contribution < 1.29 is 8.42 Å². The van der Waals surface area contributed by atoms with E-state index in [2.05, 4.69) is 9.82 Å².